The number of aliphatic imine (C=N–C) groups is 1. The maximum atomic E-state index is 12.5. The lowest BCUT2D eigenvalue weighted by atomic mass is 10.2. The van der Waals surface area contributed by atoms with Gasteiger partial charge in [-0.2, -0.15) is 0 Å². The number of rotatable bonds is 6. The summed E-state index contributed by atoms with van der Waals surface area (Å²) < 4.78 is 7.68. The number of nitro groups is 2. The zero-order valence-electron chi connectivity index (χ0n) is 19.8. The minimum Gasteiger partial charge on any atom is -0.450 e. The fraction of sp³-hybridized carbons (Fsp3) is 0.167. The van der Waals surface area contributed by atoms with E-state index in [0.29, 0.717) is 15.8 Å². The summed E-state index contributed by atoms with van der Waals surface area (Å²) in [4.78, 5) is 39.6. The van der Waals surface area contributed by atoms with E-state index in [9.17, 15) is 25.0 Å². The Labute approximate surface area is 210 Å². The van der Waals surface area contributed by atoms with Gasteiger partial charge in [0.05, 0.1) is 20.8 Å². The Bertz CT molecular complexity index is 1460. The van der Waals surface area contributed by atoms with Crippen LogP contribution in [0.1, 0.15) is 17.0 Å². The quantitative estimate of drug-likeness (QED) is 0.253. The van der Waals surface area contributed by atoms with Gasteiger partial charge in [-0.3, -0.25) is 34.9 Å². The Morgan fingerprint density at radius 3 is 2.31 bits per heavy atom. The number of carbonyl (C=O) groups is 1. The second-order valence-corrected chi connectivity index (χ2v) is 8.91. The van der Waals surface area contributed by atoms with Crippen LogP contribution < -0.4 is 4.74 Å². The third-order valence-electron chi connectivity index (χ3n) is 5.62. The maximum Gasteiger partial charge on any atom is 0.318 e. The van der Waals surface area contributed by atoms with Crippen molar-refractivity contribution >= 4 is 40.3 Å². The number of aromatic nitrogens is 1. The monoisotopic (exact) mass is 507 g/mol. The molecule has 1 saturated heterocycles. The van der Waals surface area contributed by atoms with Gasteiger partial charge >= 0.3 is 5.69 Å². The van der Waals surface area contributed by atoms with E-state index >= 15 is 0 Å². The van der Waals surface area contributed by atoms with Gasteiger partial charge < -0.3 is 9.30 Å². The molecule has 4 rings (SSSR count). The summed E-state index contributed by atoms with van der Waals surface area (Å²) in [6, 6.07) is 12.1. The van der Waals surface area contributed by atoms with E-state index in [-0.39, 0.29) is 11.7 Å². The molecule has 1 aliphatic heterocycles. The molecule has 0 bridgehead atoms. The van der Waals surface area contributed by atoms with Gasteiger partial charge in [0.25, 0.3) is 11.6 Å². The van der Waals surface area contributed by atoms with Crippen LogP contribution in [0.4, 0.5) is 11.4 Å². The van der Waals surface area contributed by atoms with E-state index in [1.165, 1.54) is 22.7 Å². The van der Waals surface area contributed by atoms with Gasteiger partial charge in [0.2, 0.25) is 5.75 Å². The van der Waals surface area contributed by atoms with Crippen molar-refractivity contribution in [1.82, 2.24) is 9.47 Å². The first-order valence-corrected chi connectivity index (χ1v) is 11.5. The Morgan fingerprint density at radius 2 is 1.72 bits per heavy atom. The number of aryl methyl sites for hydroxylation is 1. The van der Waals surface area contributed by atoms with Crippen LogP contribution in [0.15, 0.2) is 58.4 Å². The second-order valence-electron chi connectivity index (χ2n) is 7.91. The summed E-state index contributed by atoms with van der Waals surface area (Å²) in [6.07, 6.45) is 1.85. The van der Waals surface area contributed by atoms with Crippen molar-refractivity contribution in [3.05, 3.63) is 90.6 Å². The van der Waals surface area contributed by atoms with E-state index in [1.54, 1.807) is 38.4 Å². The molecule has 0 spiro atoms. The summed E-state index contributed by atoms with van der Waals surface area (Å²) in [7, 11) is 3.34. The predicted molar refractivity (Wildman–Crippen MR) is 137 cm³/mol. The highest BCUT2D eigenvalue weighted by Crippen LogP contribution is 2.36. The molecule has 0 N–H and O–H groups in total. The fourth-order valence-electron chi connectivity index (χ4n) is 3.86. The normalized spacial score (nSPS) is 15.7. The zero-order valence-corrected chi connectivity index (χ0v) is 20.6. The molecule has 2 aromatic carbocycles. The van der Waals surface area contributed by atoms with Gasteiger partial charge in [-0.15, -0.1) is 0 Å². The van der Waals surface area contributed by atoms with Crippen molar-refractivity contribution in [1.29, 1.82) is 0 Å². The van der Waals surface area contributed by atoms with Crippen molar-refractivity contribution in [2.24, 2.45) is 4.99 Å². The number of likely N-dealkylation sites (N-methyl/N-ethyl adjacent to an activating group) is 1. The van der Waals surface area contributed by atoms with Gasteiger partial charge in [0.15, 0.2) is 5.17 Å². The van der Waals surface area contributed by atoms with Gasteiger partial charge in [0, 0.05) is 37.2 Å². The highest BCUT2D eigenvalue weighted by Gasteiger charge is 2.30. The molecule has 1 aliphatic rings. The van der Waals surface area contributed by atoms with Crippen LogP contribution in [-0.4, -0.2) is 44.5 Å². The molecule has 11 nitrogen and oxygen atoms in total. The first kappa shape index (κ1) is 24.7. The minimum atomic E-state index is -0.722. The Kier molecular flexibility index (Phi) is 6.62. The van der Waals surface area contributed by atoms with E-state index < -0.39 is 21.2 Å². The number of hydrogen-bond acceptors (Lipinski definition) is 8. The molecule has 3 aromatic rings. The lowest BCUT2D eigenvalue weighted by Gasteiger charge is -2.11. The third kappa shape index (κ3) is 4.58. The average Bonchev–Trinajstić information content (AvgIpc) is 3.28. The van der Waals surface area contributed by atoms with Gasteiger partial charge in [-0.1, -0.05) is 0 Å². The molecule has 12 heteroatoms. The van der Waals surface area contributed by atoms with Crippen LogP contribution in [0.2, 0.25) is 0 Å². The molecule has 36 heavy (non-hydrogen) atoms. The summed E-state index contributed by atoms with van der Waals surface area (Å²) >= 11 is 1.33. The second kappa shape index (κ2) is 9.66. The number of nitro benzene ring substituents is 2. The molecule has 0 atom stereocenters. The first-order chi connectivity index (χ1) is 17.1. The predicted octanol–water partition coefficient (Wildman–Crippen LogP) is 5.23. The molecule has 1 amide bonds. The summed E-state index contributed by atoms with van der Waals surface area (Å²) in [5.41, 5.74) is 2.72. The number of hydrogen-bond donors (Lipinski definition) is 0. The number of thioether (sulfide) groups is 1. The highest BCUT2D eigenvalue weighted by atomic mass is 32.2. The maximum absolute atomic E-state index is 12.5. The van der Waals surface area contributed by atoms with E-state index in [1.807, 2.05) is 30.6 Å². The van der Waals surface area contributed by atoms with Crippen LogP contribution >= 0.6 is 11.8 Å². The van der Waals surface area contributed by atoms with Crippen LogP contribution in [-0.2, 0) is 4.79 Å². The number of non-ortho nitro benzene ring substituents is 1. The van der Waals surface area contributed by atoms with Gasteiger partial charge in [0.1, 0.15) is 5.75 Å². The fourth-order valence-corrected chi connectivity index (χ4v) is 4.78. The zero-order chi connectivity index (χ0) is 26.1. The number of amides is 1. The molecule has 0 unspecified atom stereocenters. The van der Waals surface area contributed by atoms with E-state index in [4.69, 9.17) is 4.74 Å². The van der Waals surface area contributed by atoms with Crippen LogP contribution in [0, 0.1) is 34.1 Å². The largest absolute Gasteiger partial charge is 0.450 e. The SMILES string of the molecule is CN=C1S/C(=C\c2cc(C)n(-c3ccc(Oc4ccc([N+](=O)[O-])cc4[N+](=O)[O-])cc3)c2C)C(=O)N1C. The molecule has 1 fully saturated rings. The molecule has 184 valence electrons. The van der Waals surface area contributed by atoms with E-state index in [0.717, 1.165) is 34.8 Å². The molecule has 0 radical (unpaired) electrons. The molecule has 0 saturated carbocycles. The standard InChI is InChI=1S/C24H21N5O6S/c1-14-11-16(12-22-23(30)26(4)24(25-3)36-22)15(2)27(14)17-5-8-19(9-6-17)35-21-10-7-18(28(31)32)13-20(21)29(33)34/h5-13H,1-4H3/b22-12-,25-24?. The minimum absolute atomic E-state index is 0.0979. The van der Waals surface area contributed by atoms with Crippen molar-refractivity contribution in [2.45, 2.75) is 13.8 Å². The highest BCUT2D eigenvalue weighted by molar-refractivity contribution is 8.18. The third-order valence-corrected chi connectivity index (χ3v) is 6.78. The Morgan fingerprint density at radius 1 is 1.03 bits per heavy atom. The molecule has 1 aromatic heterocycles. The van der Waals surface area contributed by atoms with Crippen molar-refractivity contribution in [3.8, 4) is 17.2 Å². The lowest BCUT2D eigenvalue weighted by Crippen LogP contribution is -2.23. The topological polar surface area (TPSA) is 133 Å². The van der Waals surface area contributed by atoms with E-state index in [2.05, 4.69) is 4.99 Å². The summed E-state index contributed by atoms with van der Waals surface area (Å²) in [5, 5.41) is 22.9. The first-order valence-electron chi connectivity index (χ1n) is 10.6. The lowest BCUT2D eigenvalue weighted by molar-refractivity contribution is -0.394. The number of nitrogens with zero attached hydrogens (tertiary/aromatic N) is 5. The Balaban J connectivity index is 1.61. The molecular weight excluding hydrogens is 486 g/mol. The smallest absolute Gasteiger partial charge is 0.318 e. The summed E-state index contributed by atoms with van der Waals surface area (Å²) in [6.45, 7) is 3.90. The molecule has 0 aliphatic carbocycles. The van der Waals surface area contributed by atoms with Crippen LogP contribution in [0.3, 0.4) is 0 Å². The number of amidine groups is 1. The van der Waals surface area contributed by atoms with Crippen molar-refractivity contribution < 1.29 is 19.4 Å². The number of carbonyl (C=O) groups excluding carboxylic acids is 1. The number of ether oxygens (including phenoxy) is 1. The summed E-state index contributed by atoms with van der Waals surface area (Å²) in [5.74, 6) is 0.134. The van der Waals surface area contributed by atoms with Crippen molar-refractivity contribution in [3.63, 3.8) is 0 Å². The average molecular weight is 508 g/mol. The van der Waals surface area contributed by atoms with Crippen LogP contribution in [0.5, 0.6) is 11.5 Å². The van der Waals surface area contributed by atoms with Gasteiger partial charge in [-0.25, -0.2) is 0 Å². The number of benzene rings is 2. The van der Waals surface area contributed by atoms with Crippen molar-refractivity contribution in [2.75, 3.05) is 14.1 Å². The molecule has 2 heterocycles. The van der Waals surface area contributed by atoms with Crippen LogP contribution in [0.25, 0.3) is 11.8 Å². The Hall–Kier alpha value is -4.45. The van der Waals surface area contributed by atoms with Gasteiger partial charge in [-0.05, 0) is 73.6 Å². The molecular formula is C24H21N5O6S.